The molecule has 0 bridgehead atoms. The number of nitrogens with zero attached hydrogens (tertiary/aromatic N) is 4. The van der Waals surface area contributed by atoms with Gasteiger partial charge in [-0.25, -0.2) is 19.6 Å². The summed E-state index contributed by atoms with van der Waals surface area (Å²) in [6.45, 7) is 8.85. The van der Waals surface area contributed by atoms with Gasteiger partial charge >= 0.3 is 12.2 Å². The summed E-state index contributed by atoms with van der Waals surface area (Å²) in [5, 5.41) is 5.43. The lowest BCUT2D eigenvalue weighted by Gasteiger charge is -2.30. The highest BCUT2D eigenvalue weighted by molar-refractivity contribution is 5.88. The van der Waals surface area contributed by atoms with Crippen molar-refractivity contribution in [2.45, 2.75) is 90.4 Å². The molecule has 1 unspecified atom stereocenters. The maximum Gasteiger partial charge on any atom is 0.407 e. The summed E-state index contributed by atoms with van der Waals surface area (Å²) < 4.78 is 9.57. The number of aromatic amines is 2. The van der Waals surface area contributed by atoms with Gasteiger partial charge in [0, 0.05) is 13.1 Å². The molecule has 0 radical (unpaired) electrons. The molecule has 60 heavy (non-hydrogen) atoms. The second kappa shape index (κ2) is 16.8. The lowest BCUT2D eigenvalue weighted by Crippen LogP contribution is -2.51. The number of amides is 4. The number of hydrogen-bond acceptors (Lipinski definition) is 8. The molecule has 4 amide bonds. The number of fused-ring (bicyclic) bond motifs is 4. The van der Waals surface area contributed by atoms with Crippen LogP contribution in [0, 0.1) is 11.8 Å². The molecule has 5 aromatic rings. The number of ether oxygens (including phenoxy) is 2. The molecule has 0 saturated carbocycles. The van der Waals surface area contributed by atoms with Crippen LogP contribution in [-0.4, -0.2) is 93.1 Å². The summed E-state index contributed by atoms with van der Waals surface area (Å²) in [5.74, 6) is 1.04. The first-order chi connectivity index (χ1) is 28.9. The Bertz CT molecular complexity index is 2440. The molecule has 4 atom stereocenters. The van der Waals surface area contributed by atoms with Crippen LogP contribution in [0.5, 0.6) is 0 Å². The van der Waals surface area contributed by atoms with Gasteiger partial charge in [0.05, 0.1) is 49.2 Å². The SMILES string of the molecule is COC(=O)NC(C(=O)N1CCC[C@H]1c1ncc(-c2ccc3c(c2)CCc2cc(-c4ccc5nc([C@@H]6CCCN6C(=O)[C@@H](NC(=O)OC)C(C)C)[nH]c5c4)ccc2-3)[nH]1)C(C)C. The predicted molar refractivity (Wildman–Crippen MR) is 228 cm³/mol. The third kappa shape index (κ3) is 7.82. The van der Waals surface area contributed by atoms with Crippen molar-refractivity contribution < 1.29 is 28.7 Å². The maximum absolute atomic E-state index is 13.7. The van der Waals surface area contributed by atoms with Crippen molar-refractivity contribution in [1.82, 2.24) is 40.4 Å². The Morgan fingerprint density at radius 3 is 1.77 bits per heavy atom. The van der Waals surface area contributed by atoms with Gasteiger partial charge in [-0.15, -0.1) is 0 Å². The average Bonchev–Trinajstić information content (AvgIpc) is 4.09. The van der Waals surface area contributed by atoms with Gasteiger partial charge in [-0.2, -0.15) is 0 Å². The number of imidazole rings is 2. The monoisotopic (exact) mass is 814 g/mol. The van der Waals surface area contributed by atoms with E-state index in [2.05, 4.69) is 69.1 Å². The van der Waals surface area contributed by atoms with E-state index in [-0.39, 0.29) is 35.7 Å². The van der Waals surface area contributed by atoms with E-state index < -0.39 is 24.3 Å². The predicted octanol–water partition coefficient (Wildman–Crippen LogP) is 7.47. The Labute approximate surface area is 349 Å². The number of likely N-dealkylation sites (tertiary alicyclic amines) is 2. The third-order valence-corrected chi connectivity index (χ3v) is 12.4. The number of alkyl carbamates (subject to hydrolysis) is 2. The topological polar surface area (TPSA) is 175 Å². The van der Waals surface area contributed by atoms with Gasteiger partial charge in [0.15, 0.2) is 0 Å². The van der Waals surface area contributed by atoms with Crippen molar-refractivity contribution in [3.63, 3.8) is 0 Å². The van der Waals surface area contributed by atoms with E-state index >= 15 is 0 Å². The Hall–Kier alpha value is -6.18. The van der Waals surface area contributed by atoms with Gasteiger partial charge < -0.3 is 39.9 Å². The quantitative estimate of drug-likeness (QED) is 0.112. The van der Waals surface area contributed by atoms with E-state index in [4.69, 9.17) is 19.4 Å². The molecule has 2 aliphatic heterocycles. The van der Waals surface area contributed by atoms with Gasteiger partial charge in [0.25, 0.3) is 0 Å². The summed E-state index contributed by atoms with van der Waals surface area (Å²) >= 11 is 0. The Kier molecular flexibility index (Phi) is 11.4. The molecule has 14 nitrogen and oxygen atoms in total. The van der Waals surface area contributed by atoms with Gasteiger partial charge in [-0.05, 0) is 108 Å². The fraction of sp³-hybridized carbons (Fsp3) is 0.435. The van der Waals surface area contributed by atoms with Crippen LogP contribution in [0.3, 0.4) is 0 Å². The molecule has 1 aliphatic carbocycles. The zero-order valence-corrected chi connectivity index (χ0v) is 35.1. The van der Waals surface area contributed by atoms with Crippen molar-refractivity contribution in [1.29, 1.82) is 0 Å². The van der Waals surface area contributed by atoms with Gasteiger partial charge in [0.2, 0.25) is 11.8 Å². The van der Waals surface area contributed by atoms with E-state index in [1.54, 1.807) is 0 Å². The molecule has 14 heteroatoms. The molecule has 0 spiro atoms. The molecule has 3 aliphatic rings. The Balaban J connectivity index is 0.978. The standard InChI is InChI=1S/C46H54N8O6/c1-25(2)39(51-45(57)59-5)43(55)53-19-7-9-37(53)41-47-24-36(50-41)31-14-17-33-30(22-31)12-11-29-21-27(13-16-32(29)33)28-15-18-34-35(23-28)49-42(48-34)38-10-8-20-54(38)44(56)40(26(3)4)52-46(58)60-6/h13-18,21-26,37-40H,7-12,19-20H2,1-6H3,(H,47,50)(H,48,49)(H,51,57)(H,52,58)/t37-,38-,39?,40-/m0/s1. The minimum absolute atomic E-state index is 0.101. The van der Waals surface area contributed by atoms with Crippen molar-refractivity contribution in [3.8, 4) is 33.5 Å². The zero-order valence-electron chi connectivity index (χ0n) is 35.1. The minimum Gasteiger partial charge on any atom is -0.453 e. The van der Waals surface area contributed by atoms with Crippen LogP contribution in [-0.2, 0) is 31.9 Å². The van der Waals surface area contributed by atoms with Crippen LogP contribution in [0.15, 0.2) is 60.8 Å². The molecular formula is C46H54N8O6. The summed E-state index contributed by atoms with van der Waals surface area (Å²) in [6, 6.07) is 17.8. The Morgan fingerprint density at radius 2 is 1.20 bits per heavy atom. The van der Waals surface area contributed by atoms with Crippen molar-refractivity contribution >= 4 is 35.0 Å². The second-order valence-corrected chi connectivity index (χ2v) is 16.9. The van der Waals surface area contributed by atoms with Crippen molar-refractivity contribution in [2.24, 2.45) is 11.8 Å². The molecule has 4 N–H and O–H groups in total. The van der Waals surface area contributed by atoms with Crippen LogP contribution in [0.2, 0.25) is 0 Å². The fourth-order valence-electron chi connectivity index (χ4n) is 9.15. The second-order valence-electron chi connectivity index (χ2n) is 16.9. The molecule has 8 rings (SSSR count). The van der Waals surface area contributed by atoms with Gasteiger partial charge in [-0.3, -0.25) is 9.59 Å². The molecule has 4 heterocycles. The van der Waals surface area contributed by atoms with E-state index in [0.717, 1.165) is 83.6 Å². The first kappa shape index (κ1) is 40.6. The highest BCUT2D eigenvalue weighted by Gasteiger charge is 2.39. The molecule has 314 valence electrons. The van der Waals surface area contributed by atoms with E-state index in [1.165, 1.54) is 36.5 Å². The molecule has 2 saturated heterocycles. The van der Waals surface area contributed by atoms with E-state index in [0.29, 0.717) is 13.1 Å². The lowest BCUT2D eigenvalue weighted by atomic mass is 9.83. The van der Waals surface area contributed by atoms with Gasteiger partial charge in [0.1, 0.15) is 23.7 Å². The maximum atomic E-state index is 13.7. The summed E-state index contributed by atoms with van der Waals surface area (Å²) in [6.07, 6.45) is 5.72. The highest BCUT2D eigenvalue weighted by atomic mass is 16.5. The average molecular weight is 815 g/mol. The molecule has 2 fully saturated rings. The summed E-state index contributed by atoms with van der Waals surface area (Å²) in [4.78, 5) is 71.7. The molecule has 3 aromatic carbocycles. The number of carbonyl (C=O) groups excluding carboxylic acids is 4. The van der Waals surface area contributed by atoms with Crippen LogP contribution in [0.1, 0.15) is 88.2 Å². The van der Waals surface area contributed by atoms with Crippen molar-refractivity contribution in [2.75, 3.05) is 27.3 Å². The normalized spacial score (nSPS) is 18.3. The molecular weight excluding hydrogens is 761 g/mol. The Morgan fingerprint density at radius 1 is 0.683 bits per heavy atom. The molecule has 2 aromatic heterocycles. The smallest absolute Gasteiger partial charge is 0.407 e. The first-order valence-corrected chi connectivity index (χ1v) is 21.1. The number of nitrogens with one attached hydrogen (secondary N) is 4. The number of aryl methyl sites for hydroxylation is 2. The number of methoxy groups -OCH3 is 2. The minimum atomic E-state index is -0.687. The lowest BCUT2D eigenvalue weighted by molar-refractivity contribution is -0.136. The van der Waals surface area contributed by atoms with Crippen molar-refractivity contribution in [3.05, 3.63) is 83.6 Å². The number of carbonyl (C=O) groups is 4. The number of rotatable bonds is 10. The zero-order chi connectivity index (χ0) is 42.2. The van der Waals surface area contributed by atoms with Gasteiger partial charge in [-0.1, -0.05) is 64.1 Å². The summed E-state index contributed by atoms with van der Waals surface area (Å²) in [5.41, 5.74) is 11.0. The third-order valence-electron chi connectivity index (χ3n) is 12.4. The number of benzene rings is 3. The first-order valence-electron chi connectivity index (χ1n) is 21.1. The van der Waals surface area contributed by atoms with Crippen LogP contribution in [0.4, 0.5) is 9.59 Å². The highest BCUT2D eigenvalue weighted by Crippen LogP contribution is 2.40. The summed E-state index contributed by atoms with van der Waals surface area (Å²) in [7, 11) is 2.60. The van der Waals surface area contributed by atoms with Crippen LogP contribution >= 0.6 is 0 Å². The number of aromatic nitrogens is 4. The van der Waals surface area contributed by atoms with E-state index in [1.807, 2.05) is 49.8 Å². The van der Waals surface area contributed by atoms with E-state index in [9.17, 15) is 19.2 Å². The van der Waals surface area contributed by atoms with Crippen LogP contribution < -0.4 is 10.6 Å². The van der Waals surface area contributed by atoms with Crippen LogP contribution in [0.25, 0.3) is 44.5 Å². The largest absolute Gasteiger partial charge is 0.453 e. The number of H-pyrrole nitrogens is 2. The fourth-order valence-corrected chi connectivity index (χ4v) is 9.15. The number of hydrogen-bond donors (Lipinski definition) is 4.